The summed E-state index contributed by atoms with van der Waals surface area (Å²) in [4.78, 5) is 11.8. The number of halogens is 2. The molecule has 2 aromatic rings. The Morgan fingerprint density at radius 2 is 1.81 bits per heavy atom. The molecule has 0 unspecified atom stereocenters. The number of rotatable bonds is 6. The van der Waals surface area contributed by atoms with E-state index in [1.807, 2.05) is 30.3 Å². The summed E-state index contributed by atoms with van der Waals surface area (Å²) in [5.41, 5.74) is -0.706. The monoisotopic (exact) mass is 309 g/mol. The van der Waals surface area contributed by atoms with Gasteiger partial charge in [-0.05, 0) is 24.3 Å². The van der Waals surface area contributed by atoms with Crippen LogP contribution in [-0.2, 0) is 0 Å². The van der Waals surface area contributed by atoms with Crippen LogP contribution in [0.1, 0.15) is 10.4 Å². The van der Waals surface area contributed by atoms with Crippen molar-refractivity contribution in [2.75, 3.05) is 17.6 Å². The number of thioether (sulfide) groups is 1. The van der Waals surface area contributed by atoms with E-state index in [-0.39, 0.29) is 5.69 Å². The van der Waals surface area contributed by atoms with E-state index in [0.717, 1.165) is 11.0 Å². The predicted octanol–water partition coefficient (Wildman–Crippen LogP) is 3.87. The highest BCUT2D eigenvalue weighted by atomic mass is 32.2. The lowest BCUT2D eigenvalue weighted by Gasteiger charge is -2.09. The summed E-state index contributed by atoms with van der Waals surface area (Å²) in [7, 11) is 0. The van der Waals surface area contributed by atoms with Crippen molar-refractivity contribution < 1.29 is 18.7 Å². The number of hydrogen-bond donors (Lipinski definition) is 2. The number of benzene rings is 2. The number of carboxylic acids is 1. The van der Waals surface area contributed by atoms with Gasteiger partial charge in [0.05, 0.1) is 11.3 Å². The molecule has 3 nitrogen and oxygen atoms in total. The van der Waals surface area contributed by atoms with Crippen LogP contribution in [0.5, 0.6) is 0 Å². The van der Waals surface area contributed by atoms with E-state index in [2.05, 4.69) is 5.32 Å². The molecular formula is C15H13F2NO2S. The maximum Gasteiger partial charge on any atom is 0.338 e. The molecule has 6 heteroatoms. The van der Waals surface area contributed by atoms with Crippen LogP contribution >= 0.6 is 11.8 Å². The highest BCUT2D eigenvalue weighted by molar-refractivity contribution is 7.99. The lowest BCUT2D eigenvalue weighted by molar-refractivity contribution is 0.0690. The van der Waals surface area contributed by atoms with Crippen LogP contribution in [0.15, 0.2) is 47.4 Å². The molecule has 2 N–H and O–H groups in total. The minimum absolute atomic E-state index is 0.0360. The van der Waals surface area contributed by atoms with Crippen molar-refractivity contribution in [2.45, 2.75) is 4.90 Å². The van der Waals surface area contributed by atoms with Gasteiger partial charge in [0.2, 0.25) is 0 Å². The molecule has 2 aromatic carbocycles. The van der Waals surface area contributed by atoms with E-state index in [9.17, 15) is 13.6 Å². The lowest BCUT2D eigenvalue weighted by Crippen LogP contribution is -2.09. The number of anilines is 1. The van der Waals surface area contributed by atoms with Crippen LogP contribution in [0.4, 0.5) is 14.5 Å². The van der Waals surface area contributed by atoms with Crippen molar-refractivity contribution in [3.05, 3.63) is 59.7 Å². The third-order valence-corrected chi connectivity index (χ3v) is 3.76. The van der Waals surface area contributed by atoms with Gasteiger partial charge in [-0.1, -0.05) is 18.2 Å². The molecule has 0 aliphatic rings. The Morgan fingerprint density at radius 1 is 1.10 bits per heavy atom. The number of carbonyl (C=O) groups is 1. The molecule has 0 heterocycles. The third kappa shape index (κ3) is 3.95. The van der Waals surface area contributed by atoms with Crippen molar-refractivity contribution >= 4 is 23.4 Å². The Balaban J connectivity index is 1.92. The summed E-state index contributed by atoms with van der Waals surface area (Å²) in [6.07, 6.45) is 0. The summed E-state index contributed by atoms with van der Waals surface area (Å²) in [5, 5.41) is 11.5. The number of carboxylic acid groups (broad SMARTS) is 1. The van der Waals surface area contributed by atoms with Crippen molar-refractivity contribution in [1.82, 2.24) is 0 Å². The summed E-state index contributed by atoms with van der Waals surface area (Å²) < 4.78 is 27.2. The normalized spacial score (nSPS) is 10.4. The zero-order valence-electron chi connectivity index (χ0n) is 11.0. The minimum Gasteiger partial charge on any atom is -0.478 e. The van der Waals surface area contributed by atoms with Crippen molar-refractivity contribution in [2.24, 2.45) is 0 Å². The molecule has 0 fully saturated rings. The fourth-order valence-electron chi connectivity index (χ4n) is 1.72. The lowest BCUT2D eigenvalue weighted by atomic mass is 10.2. The van der Waals surface area contributed by atoms with E-state index in [0.29, 0.717) is 12.3 Å². The Morgan fingerprint density at radius 3 is 2.48 bits per heavy atom. The molecule has 0 aliphatic carbocycles. The Labute approximate surface area is 125 Å². The second-order valence-corrected chi connectivity index (χ2v) is 5.35. The second-order valence-electron chi connectivity index (χ2n) is 4.18. The molecule has 0 aliphatic heterocycles. The van der Waals surface area contributed by atoms with Gasteiger partial charge in [0.1, 0.15) is 0 Å². The molecule has 0 saturated carbocycles. The van der Waals surface area contributed by atoms with Gasteiger partial charge < -0.3 is 10.4 Å². The van der Waals surface area contributed by atoms with Crippen LogP contribution in [0.3, 0.4) is 0 Å². The second kappa shape index (κ2) is 7.08. The fourth-order valence-corrected chi connectivity index (χ4v) is 2.51. The molecule has 0 spiro atoms. The first-order valence-electron chi connectivity index (χ1n) is 6.22. The third-order valence-electron chi connectivity index (χ3n) is 2.74. The van der Waals surface area contributed by atoms with E-state index in [1.165, 1.54) is 6.07 Å². The van der Waals surface area contributed by atoms with Gasteiger partial charge >= 0.3 is 5.97 Å². The average Bonchev–Trinajstić information content (AvgIpc) is 2.48. The highest BCUT2D eigenvalue weighted by Crippen LogP contribution is 2.21. The van der Waals surface area contributed by atoms with Crippen LogP contribution in [0.25, 0.3) is 0 Å². The molecule has 21 heavy (non-hydrogen) atoms. The van der Waals surface area contributed by atoms with E-state index >= 15 is 0 Å². The molecule has 0 aromatic heterocycles. The Hall–Kier alpha value is -2.08. The van der Waals surface area contributed by atoms with Crippen molar-refractivity contribution in [1.29, 1.82) is 0 Å². The summed E-state index contributed by atoms with van der Waals surface area (Å²) in [6, 6.07) is 12.0. The molecule has 0 saturated heterocycles. The number of nitrogens with one attached hydrogen (secondary N) is 1. The van der Waals surface area contributed by atoms with Gasteiger partial charge in [0.25, 0.3) is 0 Å². The van der Waals surface area contributed by atoms with Gasteiger partial charge in [-0.25, -0.2) is 13.6 Å². The number of hydrogen-bond acceptors (Lipinski definition) is 3. The molecule has 0 bridgehead atoms. The summed E-state index contributed by atoms with van der Waals surface area (Å²) in [5.74, 6) is -3.33. The van der Waals surface area contributed by atoms with Gasteiger partial charge in [-0.15, -0.1) is 11.8 Å². The van der Waals surface area contributed by atoms with Crippen LogP contribution < -0.4 is 5.32 Å². The van der Waals surface area contributed by atoms with E-state index in [1.54, 1.807) is 11.8 Å². The quantitative estimate of drug-likeness (QED) is 0.628. The van der Waals surface area contributed by atoms with Gasteiger partial charge in [0, 0.05) is 17.2 Å². The first-order chi connectivity index (χ1) is 10.1. The summed E-state index contributed by atoms with van der Waals surface area (Å²) in [6.45, 7) is 0.433. The maximum atomic E-state index is 13.7. The predicted molar refractivity (Wildman–Crippen MR) is 79.0 cm³/mol. The zero-order chi connectivity index (χ0) is 15.2. The first-order valence-corrected chi connectivity index (χ1v) is 7.21. The van der Waals surface area contributed by atoms with Crippen LogP contribution in [0.2, 0.25) is 0 Å². The smallest absolute Gasteiger partial charge is 0.338 e. The zero-order valence-corrected chi connectivity index (χ0v) is 11.8. The highest BCUT2D eigenvalue weighted by Gasteiger charge is 2.17. The van der Waals surface area contributed by atoms with E-state index in [4.69, 9.17) is 5.11 Å². The molecule has 0 amide bonds. The Bertz CT molecular complexity index is 635. The molecule has 0 radical (unpaired) electrons. The van der Waals surface area contributed by atoms with Gasteiger partial charge in [-0.3, -0.25) is 0 Å². The Kier molecular flexibility index (Phi) is 5.16. The standard InChI is InChI=1S/C15H13F2NO2S/c16-13-11(15(19)20)6-7-12(14(13)17)18-8-9-21-10-4-2-1-3-5-10/h1-7,18H,8-9H2,(H,19,20). The van der Waals surface area contributed by atoms with E-state index < -0.39 is 23.2 Å². The fraction of sp³-hybridized carbons (Fsp3) is 0.133. The molecule has 110 valence electrons. The topological polar surface area (TPSA) is 49.3 Å². The molecular weight excluding hydrogens is 296 g/mol. The average molecular weight is 309 g/mol. The van der Waals surface area contributed by atoms with Crippen molar-refractivity contribution in [3.8, 4) is 0 Å². The SMILES string of the molecule is O=C(O)c1ccc(NCCSc2ccccc2)c(F)c1F. The van der Waals surface area contributed by atoms with Crippen LogP contribution in [0, 0.1) is 11.6 Å². The van der Waals surface area contributed by atoms with Crippen LogP contribution in [-0.4, -0.2) is 23.4 Å². The van der Waals surface area contributed by atoms with Gasteiger partial charge in [0.15, 0.2) is 11.6 Å². The largest absolute Gasteiger partial charge is 0.478 e. The van der Waals surface area contributed by atoms with Gasteiger partial charge in [-0.2, -0.15) is 0 Å². The van der Waals surface area contributed by atoms with Crippen molar-refractivity contribution in [3.63, 3.8) is 0 Å². The maximum absolute atomic E-state index is 13.7. The number of aromatic carboxylic acids is 1. The minimum atomic E-state index is -1.49. The first kappa shape index (κ1) is 15.3. The molecule has 2 rings (SSSR count). The molecule has 0 atom stereocenters. The summed E-state index contributed by atoms with van der Waals surface area (Å²) >= 11 is 1.58.